The Hall–Kier alpha value is -1.30. The number of thiophene rings is 1. The summed E-state index contributed by atoms with van der Waals surface area (Å²) < 4.78 is 0. The minimum atomic E-state index is 0.343. The molecule has 100 valence electrons. The first-order chi connectivity index (χ1) is 9.08. The van der Waals surface area contributed by atoms with Gasteiger partial charge >= 0.3 is 0 Å². The van der Waals surface area contributed by atoms with Gasteiger partial charge in [-0.15, -0.1) is 11.3 Å². The maximum Gasteiger partial charge on any atom is 0.122 e. The van der Waals surface area contributed by atoms with E-state index in [0.29, 0.717) is 16.7 Å². The lowest BCUT2D eigenvalue weighted by Gasteiger charge is -2.23. The molecule has 2 rings (SSSR count). The van der Waals surface area contributed by atoms with E-state index in [-0.39, 0.29) is 0 Å². The quantitative estimate of drug-likeness (QED) is 0.860. The normalized spacial score (nSPS) is 12.6. The molecule has 2 aromatic rings. The first kappa shape index (κ1) is 14.1. The van der Waals surface area contributed by atoms with Crippen molar-refractivity contribution < 1.29 is 0 Å². The van der Waals surface area contributed by atoms with Crippen LogP contribution in [0.25, 0.3) is 0 Å². The number of pyridine rings is 1. The second kappa shape index (κ2) is 6.23. The van der Waals surface area contributed by atoms with Crippen molar-refractivity contribution in [2.75, 3.05) is 7.05 Å². The van der Waals surface area contributed by atoms with Crippen LogP contribution in [0.5, 0.6) is 0 Å². The molecular formula is C14H17N3S2. The highest BCUT2D eigenvalue weighted by Gasteiger charge is 2.13. The van der Waals surface area contributed by atoms with E-state index in [1.54, 1.807) is 17.5 Å². The Bertz CT molecular complexity index is 552. The van der Waals surface area contributed by atoms with E-state index in [4.69, 9.17) is 18.0 Å². The summed E-state index contributed by atoms with van der Waals surface area (Å²) in [7, 11) is 2.12. The molecule has 19 heavy (non-hydrogen) atoms. The topological polar surface area (TPSA) is 42.2 Å². The van der Waals surface area contributed by atoms with Crippen LogP contribution >= 0.6 is 23.6 Å². The minimum Gasteiger partial charge on any atom is -0.388 e. The lowest BCUT2D eigenvalue weighted by atomic mass is 10.2. The van der Waals surface area contributed by atoms with Crippen molar-refractivity contribution in [3.63, 3.8) is 0 Å². The highest BCUT2D eigenvalue weighted by atomic mass is 32.1. The van der Waals surface area contributed by atoms with Gasteiger partial charge in [-0.3, -0.25) is 9.88 Å². The number of nitrogens with two attached hydrogens (primary N) is 1. The van der Waals surface area contributed by atoms with E-state index in [2.05, 4.69) is 41.4 Å². The van der Waals surface area contributed by atoms with E-state index in [9.17, 15) is 0 Å². The average Bonchev–Trinajstić information content (AvgIpc) is 2.92. The third kappa shape index (κ3) is 3.59. The molecule has 2 aromatic heterocycles. The molecule has 5 heteroatoms. The molecular weight excluding hydrogens is 274 g/mol. The smallest absolute Gasteiger partial charge is 0.122 e. The number of hydrogen-bond acceptors (Lipinski definition) is 4. The molecule has 0 saturated carbocycles. The summed E-state index contributed by atoms with van der Waals surface area (Å²) in [5.41, 5.74) is 7.46. The Morgan fingerprint density at radius 3 is 2.95 bits per heavy atom. The van der Waals surface area contributed by atoms with Gasteiger partial charge in [0.1, 0.15) is 4.99 Å². The van der Waals surface area contributed by atoms with E-state index in [1.807, 2.05) is 12.1 Å². The number of nitrogens with zero attached hydrogens (tertiary/aromatic N) is 2. The van der Waals surface area contributed by atoms with Crippen LogP contribution in [0.2, 0.25) is 0 Å². The van der Waals surface area contributed by atoms with Gasteiger partial charge in [-0.1, -0.05) is 18.3 Å². The van der Waals surface area contributed by atoms with Crippen LogP contribution in [0.1, 0.15) is 29.1 Å². The molecule has 0 aliphatic heterocycles. The Balaban J connectivity index is 2.08. The minimum absolute atomic E-state index is 0.343. The molecule has 2 N–H and O–H groups in total. The maximum absolute atomic E-state index is 5.61. The van der Waals surface area contributed by atoms with Gasteiger partial charge < -0.3 is 5.73 Å². The zero-order valence-corrected chi connectivity index (χ0v) is 12.7. The number of hydrogen-bond donors (Lipinski definition) is 1. The van der Waals surface area contributed by atoms with Crippen LogP contribution < -0.4 is 5.73 Å². The third-order valence-electron chi connectivity index (χ3n) is 3.12. The van der Waals surface area contributed by atoms with Gasteiger partial charge in [0.2, 0.25) is 0 Å². The lowest BCUT2D eigenvalue weighted by Crippen LogP contribution is -2.21. The Morgan fingerprint density at radius 2 is 2.32 bits per heavy atom. The lowest BCUT2D eigenvalue weighted by molar-refractivity contribution is 0.256. The number of rotatable bonds is 5. The Morgan fingerprint density at radius 1 is 1.53 bits per heavy atom. The maximum atomic E-state index is 5.61. The van der Waals surface area contributed by atoms with Crippen molar-refractivity contribution in [3.05, 3.63) is 52.0 Å². The van der Waals surface area contributed by atoms with Crippen molar-refractivity contribution in [2.45, 2.75) is 19.5 Å². The SMILES string of the molecule is CC(c1cccs1)N(C)Cc1ccnc(C(N)=S)c1. The molecule has 0 bridgehead atoms. The second-order valence-corrected chi connectivity index (χ2v) is 5.94. The summed E-state index contributed by atoms with van der Waals surface area (Å²) in [6.07, 6.45) is 1.76. The van der Waals surface area contributed by atoms with E-state index < -0.39 is 0 Å². The molecule has 0 aliphatic rings. The summed E-state index contributed by atoms with van der Waals surface area (Å²) in [6.45, 7) is 3.05. The third-order valence-corrected chi connectivity index (χ3v) is 4.38. The largest absolute Gasteiger partial charge is 0.388 e. The number of thiocarbonyl (C=S) groups is 1. The fourth-order valence-corrected chi connectivity index (χ4v) is 2.84. The second-order valence-electron chi connectivity index (χ2n) is 4.52. The van der Waals surface area contributed by atoms with Gasteiger partial charge in [0.25, 0.3) is 0 Å². The zero-order chi connectivity index (χ0) is 13.8. The first-order valence-electron chi connectivity index (χ1n) is 6.06. The van der Waals surface area contributed by atoms with Gasteiger partial charge in [0.05, 0.1) is 5.69 Å². The summed E-state index contributed by atoms with van der Waals surface area (Å²) in [5.74, 6) is 0. The molecule has 0 aromatic carbocycles. The summed E-state index contributed by atoms with van der Waals surface area (Å²) in [4.78, 5) is 8.16. The average molecular weight is 291 g/mol. The van der Waals surface area contributed by atoms with E-state index in [1.165, 1.54) is 10.4 Å². The van der Waals surface area contributed by atoms with Gasteiger partial charge in [0.15, 0.2) is 0 Å². The van der Waals surface area contributed by atoms with Gasteiger partial charge in [-0.05, 0) is 43.1 Å². The molecule has 0 radical (unpaired) electrons. The van der Waals surface area contributed by atoms with Crippen LogP contribution in [0, 0.1) is 0 Å². The van der Waals surface area contributed by atoms with Gasteiger partial charge in [0, 0.05) is 23.7 Å². The monoisotopic (exact) mass is 291 g/mol. The van der Waals surface area contributed by atoms with Crippen molar-refractivity contribution in [1.82, 2.24) is 9.88 Å². The van der Waals surface area contributed by atoms with Crippen LogP contribution in [-0.2, 0) is 6.54 Å². The van der Waals surface area contributed by atoms with E-state index in [0.717, 1.165) is 6.54 Å². The molecule has 0 amide bonds. The predicted molar refractivity (Wildman–Crippen MR) is 84.3 cm³/mol. The molecule has 1 atom stereocenters. The molecule has 0 spiro atoms. The molecule has 2 heterocycles. The van der Waals surface area contributed by atoms with Crippen molar-refractivity contribution in [2.24, 2.45) is 5.73 Å². The Labute approximate surface area is 123 Å². The molecule has 0 saturated heterocycles. The van der Waals surface area contributed by atoms with Crippen LogP contribution in [0.15, 0.2) is 35.8 Å². The molecule has 0 aliphatic carbocycles. The van der Waals surface area contributed by atoms with Crippen molar-refractivity contribution in [3.8, 4) is 0 Å². The molecule has 1 unspecified atom stereocenters. The Kier molecular flexibility index (Phi) is 4.63. The van der Waals surface area contributed by atoms with Crippen molar-refractivity contribution in [1.29, 1.82) is 0 Å². The predicted octanol–water partition coefficient (Wildman–Crippen LogP) is 2.97. The standard InChI is InChI=1S/C14H17N3S2/c1-10(13-4-3-7-19-13)17(2)9-11-5-6-16-12(8-11)14(15)18/h3-8,10H,9H2,1-2H3,(H2,15,18). The zero-order valence-electron chi connectivity index (χ0n) is 11.0. The molecule has 0 fully saturated rings. The molecule has 3 nitrogen and oxygen atoms in total. The fraction of sp³-hybridized carbons (Fsp3) is 0.286. The van der Waals surface area contributed by atoms with Crippen molar-refractivity contribution >= 4 is 28.5 Å². The first-order valence-corrected chi connectivity index (χ1v) is 7.35. The van der Waals surface area contributed by atoms with Gasteiger partial charge in [-0.25, -0.2) is 0 Å². The summed E-state index contributed by atoms with van der Waals surface area (Å²) in [6, 6.07) is 8.60. The van der Waals surface area contributed by atoms with Crippen LogP contribution in [0.3, 0.4) is 0 Å². The van der Waals surface area contributed by atoms with Gasteiger partial charge in [-0.2, -0.15) is 0 Å². The van der Waals surface area contributed by atoms with E-state index >= 15 is 0 Å². The summed E-state index contributed by atoms with van der Waals surface area (Å²) in [5, 5.41) is 2.11. The summed E-state index contributed by atoms with van der Waals surface area (Å²) >= 11 is 6.74. The number of aromatic nitrogens is 1. The highest BCUT2D eigenvalue weighted by Crippen LogP contribution is 2.24. The highest BCUT2D eigenvalue weighted by molar-refractivity contribution is 7.80. The fourth-order valence-electron chi connectivity index (χ4n) is 1.88. The van der Waals surface area contributed by atoms with Crippen LogP contribution in [0.4, 0.5) is 0 Å². The van der Waals surface area contributed by atoms with Crippen LogP contribution in [-0.4, -0.2) is 21.9 Å².